The highest BCUT2D eigenvalue weighted by Gasteiger charge is 2.15. The van der Waals surface area contributed by atoms with Crippen molar-refractivity contribution in [1.82, 2.24) is 0 Å². The van der Waals surface area contributed by atoms with Crippen LogP contribution in [0.3, 0.4) is 0 Å². The fourth-order valence-electron chi connectivity index (χ4n) is 5.92. The van der Waals surface area contributed by atoms with Crippen LogP contribution in [0.4, 0.5) is 0 Å². The van der Waals surface area contributed by atoms with E-state index in [-0.39, 0.29) is 0 Å². The smallest absolute Gasteiger partial charge is 0.108 e. The van der Waals surface area contributed by atoms with Crippen LogP contribution >= 0.6 is 0 Å². The Labute approximate surface area is 306 Å². The number of rotatable bonds is 24. The summed E-state index contributed by atoms with van der Waals surface area (Å²) in [4.78, 5) is 0. The summed E-state index contributed by atoms with van der Waals surface area (Å²) in [5.74, 6) is 13.1. The van der Waals surface area contributed by atoms with Gasteiger partial charge >= 0.3 is 0 Å². The minimum absolute atomic E-state index is 0.328. The van der Waals surface area contributed by atoms with E-state index in [4.69, 9.17) is 49.4 Å². The second kappa shape index (κ2) is 22.9. The van der Waals surface area contributed by atoms with E-state index in [1.165, 1.54) is 32.3 Å². The quantitative estimate of drug-likeness (QED) is 0.0410. The molecule has 0 fully saturated rings. The number of nitrogens with two attached hydrogens (primary N) is 2. The average Bonchev–Trinajstić information content (AvgIpc) is 3.17. The molecule has 0 aromatic heterocycles. The summed E-state index contributed by atoms with van der Waals surface area (Å²) in [5.41, 5.74) is 12.7. The number of ether oxygens (including phenoxy) is 8. The van der Waals surface area contributed by atoms with Gasteiger partial charge in [-0.3, -0.25) is 0 Å². The van der Waals surface area contributed by atoms with Crippen LogP contribution in [-0.2, 0) is 37.9 Å². The maximum atomic E-state index is 5.69. The second-order valence-electron chi connectivity index (χ2n) is 11.7. The molecule has 5 rings (SSSR count). The largest absolute Gasteiger partial charge is 0.378 e. The molecule has 0 atom stereocenters. The minimum atomic E-state index is 0.328. The molecule has 5 aromatic carbocycles. The molecule has 4 N–H and O–H groups in total. The molecule has 52 heavy (non-hydrogen) atoms. The first kappa shape index (κ1) is 39.3. The van der Waals surface area contributed by atoms with Crippen molar-refractivity contribution in [2.75, 3.05) is 119 Å². The fraction of sp³-hybridized carbons (Fsp3) is 0.429. The highest BCUT2D eigenvalue weighted by atomic mass is 16.6. The van der Waals surface area contributed by atoms with Gasteiger partial charge in [0, 0.05) is 24.2 Å². The standard InChI is InChI=1S/C42H50N2O8/c43-15-19-47-23-27-51-31-29-49-25-21-45-17-3-5-33-11-14-40-38-10-2-8-36-34(12-13-39(42(36)38)37-9-1-7-35(33)41(37)40)6-4-18-46-22-26-50-30-32-52-28-24-48-20-16-44/h1-2,7-14H,15-32,43-44H2. The monoisotopic (exact) mass is 710 g/mol. The number of hydrogen-bond donors (Lipinski definition) is 2. The van der Waals surface area contributed by atoms with Gasteiger partial charge in [0.2, 0.25) is 0 Å². The van der Waals surface area contributed by atoms with Crippen LogP contribution < -0.4 is 11.5 Å². The van der Waals surface area contributed by atoms with Gasteiger partial charge in [-0.25, -0.2) is 0 Å². The van der Waals surface area contributed by atoms with Gasteiger partial charge in [0.25, 0.3) is 0 Å². The lowest BCUT2D eigenvalue weighted by Crippen LogP contribution is -2.14. The Morgan fingerprint density at radius 2 is 0.654 bits per heavy atom. The van der Waals surface area contributed by atoms with Crippen LogP contribution in [-0.4, -0.2) is 119 Å². The predicted octanol–water partition coefficient (Wildman–Crippen LogP) is 4.49. The van der Waals surface area contributed by atoms with Gasteiger partial charge in [0.1, 0.15) is 13.2 Å². The molecular formula is C42H50N2O8. The highest BCUT2D eigenvalue weighted by molar-refractivity contribution is 6.33. The molecule has 276 valence electrons. The van der Waals surface area contributed by atoms with Crippen LogP contribution in [0.15, 0.2) is 60.7 Å². The second-order valence-corrected chi connectivity index (χ2v) is 11.7. The maximum Gasteiger partial charge on any atom is 0.108 e. The number of fused-ring (bicyclic) bond motifs is 2. The third-order valence-corrected chi connectivity index (χ3v) is 8.21. The van der Waals surface area contributed by atoms with Crippen LogP contribution in [0.1, 0.15) is 11.1 Å². The predicted molar refractivity (Wildman–Crippen MR) is 206 cm³/mol. The molecule has 0 aliphatic carbocycles. The summed E-state index contributed by atoms with van der Waals surface area (Å²) in [7, 11) is 0. The van der Waals surface area contributed by atoms with Crippen molar-refractivity contribution >= 4 is 43.1 Å². The van der Waals surface area contributed by atoms with Crippen LogP contribution in [0, 0.1) is 23.7 Å². The van der Waals surface area contributed by atoms with E-state index in [1.54, 1.807) is 0 Å². The number of benzene rings is 5. The van der Waals surface area contributed by atoms with Gasteiger partial charge in [0.05, 0.1) is 92.5 Å². The molecule has 0 saturated heterocycles. The lowest BCUT2D eigenvalue weighted by atomic mass is 9.87. The zero-order valence-electron chi connectivity index (χ0n) is 29.9. The van der Waals surface area contributed by atoms with E-state index in [1.807, 2.05) is 0 Å². The molecule has 0 amide bonds. The van der Waals surface area contributed by atoms with Crippen LogP contribution in [0.5, 0.6) is 0 Å². The summed E-state index contributed by atoms with van der Waals surface area (Å²) in [6.07, 6.45) is 0. The van der Waals surface area contributed by atoms with Crippen LogP contribution in [0.2, 0.25) is 0 Å². The van der Waals surface area contributed by atoms with E-state index >= 15 is 0 Å². The van der Waals surface area contributed by atoms with Gasteiger partial charge in [-0.15, -0.1) is 0 Å². The Balaban J connectivity index is 1.13. The Hall–Kier alpha value is -3.88. The zero-order valence-corrected chi connectivity index (χ0v) is 29.9. The van der Waals surface area contributed by atoms with Gasteiger partial charge in [-0.05, 0) is 55.2 Å². The minimum Gasteiger partial charge on any atom is -0.378 e. The van der Waals surface area contributed by atoms with Crippen molar-refractivity contribution in [3.05, 3.63) is 71.8 Å². The Kier molecular flexibility index (Phi) is 17.3. The van der Waals surface area contributed by atoms with Crippen LogP contribution in [0.25, 0.3) is 43.1 Å². The number of hydrogen-bond acceptors (Lipinski definition) is 10. The van der Waals surface area contributed by atoms with Gasteiger partial charge in [-0.1, -0.05) is 72.2 Å². The van der Waals surface area contributed by atoms with Crippen molar-refractivity contribution in [2.45, 2.75) is 0 Å². The average molecular weight is 711 g/mol. The fourth-order valence-corrected chi connectivity index (χ4v) is 5.92. The van der Waals surface area contributed by atoms with Crippen molar-refractivity contribution < 1.29 is 37.9 Å². The Morgan fingerprint density at radius 3 is 1.02 bits per heavy atom. The lowest BCUT2D eigenvalue weighted by Gasteiger charge is -2.15. The molecule has 0 aliphatic heterocycles. The molecule has 10 heteroatoms. The first-order valence-corrected chi connectivity index (χ1v) is 18.0. The topological polar surface area (TPSA) is 126 Å². The highest BCUT2D eigenvalue weighted by Crippen LogP contribution is 2.41. The Morgan fingerprint density at radius 1 is 0.346 bits per heavy atom. The Bertz CT molecular complexity index is 1770. The molecule has 0 heterocycles. The summed E-state index contributed by atoms with van der Waals surface area (Å²) in [6, 6.07) is 21.5. The molecule has 0 bridgehead atoms. The van der Waals surface area contributed by atoms with E-state index in [9.17, 15) is 0 Å². The van der Waals surface area contributed by atoms with E-state index in [0.29, 0.717) is 119 Å². The van der Waals surface area contributed by atoms with Crippen molar-refractivity contribution in [3.63, 3.8) is 0 Å². The molecule has 5 aromatic rings. The summed E-state index contributed by atoms with van der Waals surface area (Å²) < 4.78 is 43.9. The molecular weight excluding hydrogens is 660 g/mol. The molecule has 10 nitrogen and oxygen atoms in total. The summed E-state index contributed by atoms with van der Waals surface area (Å²) >= 11 is 0. The first-order chi connectivity index (χ1) is 25.8. The first-order valence-electron chi connectivity index (χ1n) is 18.0. The van der Waals surface area contributed by atoms with Gasteiger partial charge < -0.3 is 49.4 Å². The molecule has 0 unspecified atom stereocenters. The molecule has 0 saturated carbocycles. The van der Waals surface area contributed by atoms with Crippen molar-refractivity contribution in [2.24, 2.45) is 11.5 Å². The van der Waals surface area contributed by atoms with E-state index in [0.717, 1.165) is 21.9 Å². The summed E-state index contributed by atoms with van der Waals surface area (Å²) in [6.45, 7) is 8.91. The van der Waals surface area contributed by atoms with Crippen molar-refractivity contribution in [1.29, 1.82) is 0 Å². The van der Waals surface area contributed by atoms with Crippen molar-refractivity contribution in [3.8, 4) is 23.7 Å². The molecule has 0 radical (unpaired) electrons. The molecule has 0 aliphatic rings. The summed E-state index contributed by atoms with van der Waals surface area (Å²) in [5, 5.41) is 9.51. The van der Waals surface area contributed by atoms with Gasteiger partial charge in [-0.2, -0.15) is 0 Å². The zero-order chi connectivity index (χ0) is 36.1. The molecule has 0 spiro atoms. The van der Waals surface area contributed by atoms with E-state index in [2.05, 4.69) is 84.3 Å². The third-order valence-electron chi connectivity index (χ3n) is 8.21. The maximum absolute atomic E-state index is 5.69. The normalized spacial score (nSPS) is 11.4. The van der Waals surface area contributed by atoms with Gasteiger partial charge in [0.15, 0.2) is 0 Å². The third kappa shape index (κ3) is 11.6. The SMILES string of the molecule is NCCOCCOCCOCCOCC#Cc1ccc2c3cccc4c(C#CCOCCOCCOCCOCCN)ccc(c5cccc1c52)c43. The van der Waals surface area contributed by atoms with E-state index < -0.39 is 0 Å². The lowest BCUT2D eigenvalue weighted by molar-refractivity contribution is 0.00223.